The average molecular weight is 374 g/mol. The minimum Gasteiger partial charge on any atom is -0.358 e. The number of rotatable bonds is 4. The molecule has 4 aromatic rings. The van der Waals surface area contributed by atoms with Crippen molar-refractivity contribution in [2.45, 2.75) is 12.5 Å². The first-order chi connectivity index (χ1) is 13.7. The summed E-state index contributed by atoms with van der Waals surface area (Å²) in [5, 5.41) is 11.7. The van der Waals surface area contributed by atoms with Crippen molar-refractivity contribution < 1.29 is 4.79 Å². The molecule has 1 amide bonds. The molecule has 28 heavy (non-hydrogen) atoms. The summed E-state index contributed by atoms with van der Waals surface area (Å²) in [5.74, 6) is 1.19. The van der Waals surface area contributed by atoms with Gasteiger partial charge in [0.15, 0.2) is 0 Å². The SMILES string of the molecule is Cn1cc(N2CCC(Nc3cc(-c4ccccc4)nc4ncnn34)C2=O)cn1. The predicted molar refractivity (Wildman–Crippen MR) is 104 cm³/mol. The van der Waals surface area contributed by atoms with E-state index in [1.54, 1.807) is 20.3 Å². The fourth-order valence-electron chi connectivity index (χ4n) is 3.47. The summed E-state index contributed by atoms with van der Waals surface area (Å²) < 4.78 is 3.31. The van der Waals surface area contributed by atoms with Gasteiger partial charge in [-0.1, -0.05) is 30.3 Å². The first kappa shape index (κ1) is 16.4. The van der Waals surface area contributed by atoms with Crippen molar-refractivity contribution >= 4 is 23.2 Å². The van der Waals surface area contributed by atoms with Crippen molar-refractivity contribution in [2.24, 2.45) is 7.05 Å². The van der Waals surface area contributed by atoms with Crippen LogP contribution in [0.15, 0.2) is 55.1 Å². The first-order valence-electron chi connectivity index (χ1n) is 9.02. The molecule has 140 valence electrons. The van der Waals surface area contributed by atoms with Crippen LogP contribution < -0.4 is 10.2 Å². The Kier molecular flexibility index (Phi) is 3.78. The number of carbonyl (C=O) groups excluding carboxylic acids is 1. The number of aryl methyl sites for hydroxylation is 1. The molecule has 1 saturated heterocycles. The van der Waals surface area contributed by atoms with Gasteiger partial charge in [-0.05, 0) is 6.42 Å². The normalized spacial score (nSPS) is 16.8. The Morgan fingerprint density at radius 3 is 2.82 bits per heavy atom. The summed E-state index contributed by atoms with van der Waals surface area (Å²) in [6.45, 7) is 0.638. The zero-order chi connectivity index (χ0) is 19.1. The maximum Gasteiger partial charge on any atom is 0.254 e. The molecule has 9 heteroatoms. The molecule has 1 aromatic carbocycles. The number of hydrogen-bond donors (Lipinski definition) is 1. The molecule has 9 nitrogen and oxygen atoms in total. The summed E-state index contributed by atoms with van der Waals surface area (Å²) in [6, 6.07) is 11.4. The van der Waals surface area contributed by atoms with Crippen molar-refractivity contribution in [3.63, 3.8) is 0 Å². The van der Waals surface area contributed by atoms with E-state index in [1.165, 1.54) is 6.33 Å². The summed E-state index contributed by atoms with van der Waals surface area (Å²) in [4.78, 5) is 23.5. The number of nitrogens with one attached hydrogen (secondary N) is 1. The fourth-order valence-corrected chi connectivity index (χ4v) is 3.47. The molecule has 1 aliphatic rings. The van der Waals surface area contributed by atoms with E-state index in [1.807, 2.05) is 49.6 Å². The van der Waals surface area contributed by atoms with Crippen LogP contribution in [-0.2, 0) is 11.8 Å². The van der Waals surface area contributed by atoms with E-state index in [0.29, 0.717) is 24.6 Å². The van der Waals surface area contributed by atoms with Crippen molar-refractivity contribution in [1.82, 2.24) is 29.4 Å². The van der Waals surface area contributed by atoms with Crippen molar-refractivity contribution in [2.75, 3.05) is 16.8 Å². The molecule has 0 saturated carbocycles. The molecule has 3 aromatic heterocycles. The molecule has 0 aliphatic carbocycles. The van der Waals surface area contributed by atoms with Crippen LogP contribution in [0.4, 0.5) is 11.5 Å². The quantitative estimate of drug-likeness (QED) is 0.585. The summed E-state index contributed by atoms with van der Waals surface area (Å²) in [7, 11) is 1.84. The summed E-state index contributed by atoms with van der Waals surface area (Å²) in [6.07, 6.45) is 5.69. The predicted octanol–water partition coefficient (Wildman–Crippen LogP) is 1.74. The topological polar surface area (TPSA) is 93.2 Å². The third-order valence-corrected chi connectivity index (χ3v) is 4.85. The van der Waals surface area contributed by atoms with Crippen LogP contribution in [0, 0.1) is 0 Å². The third kappa shape index (κ3) is 2.77. The molecule has 1 unspecified atom stereocenters. The molecular formula is C19H18N8O. The number of carbonyl (C=O) groups is 1. The lowest BCUT2D eigenvalue weighted by Gasteiger charge is -2.16. The van der Waals surface area contributed by atoms with Gasteiger partial charge in [0.25, 0.3) is 5.78 Å². The lowest BCUT2D eigenvalue weighted by Crippen LogP contribution is -2.33. The third-order valence-electron chi connectivity index (χ3n) is 4.85. The highest BCUT2D eigenvalue weighted by Gasteiger charge is 2.33. The van der Waals surface area contributed by atoms with Gasteiger partial charge in [-0.15, -0.1) is 0 Å². The average Bonchev–Trinajstić information content (AvgIpc) is 3.43. The smallest absolute Gasteiger partial charge is 0.254 e. The molecule has 5 rings (SSSR count). The monoisotopic (exact) mass is 374 g/mol. The second-order valence-electron chi connectivity index (χ2n) is 6.71. The van der Waals surface area contributed by atoms with Gasteiger partial charge >= 0.3 is 0 Å². The standard InChI is InChI=1S/C19H18N8O/c1-25-11-14(10-21-25)26-8-7-15(18(26)28)23-17-9-16(13-5-3-2-4-6-13)24-19-20-12-22-27(17)19/h2-6,9-12,15,23H,7-8H2,1H3. The maximum atomic E-state index is 12.9. The van der Waals surface area contributed by atoms with Crippen LogP contribution in [0.2, 0.25) is 0 Å². The highest BCUT2D eigenvalue weighted by atomic mass is 16.2. The van der Waals surface area contributed by atoms with E-state index in [0.717, 1.165) is 16.9 Å². The Hall–Kier alpha value is -3.75. The number of nitrogens with zero attached hydrogens (tertiary/aromatic N) is 7. The van der Waals surface area contributed by atoms with Gasteiger partial charge in [0.1, 0.15) is 18.2 Å². The lowest BCUT2D eigenvalue weighted by atomic mass is 10.1. The van der Waals surface area contributed by atoms with E-state index in [2.05, 4.69) is 25.5 Å². The van der Waals surface area contributed by atoms with Crippen LogP contribution in [0.25, 0.3) is 17.0 Å². The number of anilines is 2. The van der Waals surface area contributed by atoms with E-state index in [-0.39, 0.29) is 11.9 Å². The summed E-state index contributed by atoms with van der Waals surface area (Å²) in [5.41, 5.74) is 2.56. The van der Waals surface area contributed by atoms with Crippen molar-refractivity contribution in [3.05, 3.63) is 55.1 Å². The van der Waals surface area contributed by atoms with Gasteiger partial charge in [0.05, 0.1) is 17.6 Å². The Labute approximate surface area is 160 Å². The van der Waals surface area contributed by atoms with Gasteiger partial charge in [0.2, 0.25) is 5.91 Å². The first-order valence-corrected chi connectivity index (χ1v) is 9.02. The highest BCUT2D eigenvalue weighted by molar-refractivity contribution is 6.00. The number of benzene rings is 1. The molecular weight excluding hydrogens is 356 g/mol. The van der Waals surface area contributed by atoms with Crippen LogP contribution in [-0.4, -0.2) is 47.9 Å². The zero-order valence-corrected chi connectivity index (χ0v) is 15.2. The second kappa shape index (κ2) is 6.45. The van der Waals surface area contributed by atoms with Crippen LogP contribution in [0.3, 0.4) is 0 Å². The van der Waals surface area contributed by atoms with Crippen molar-refractivity contribution in [3.8, 4) is 11.3 Å². The fraction of sp³-hybridized carbons (Fsp3) is 0.211. The van der Waals surface area contributed by atoms with Crippen molar-refractivity contribution in [1.29, 1.82) is 0 Å². The number of hydrogen-bond acceptors (Lipinski definition) is 6. The van der Waals surface area contributed by atoms with Gasteiger partial charge in [-0.2, -0.15) is 19.7 Å². The minimum atomic E-state index is -0.348. The van der Waals surface area contributed by atoms with Gasteiger partial charge in [0, 0.05) is 31.4 Å². The van der Waals surface area contributed by atoms with E-state index in [9.17, 15) is 4.79 Å². The van der Waals surface area contributed by atoms with Crippen LogP contribution in [0.5, 0.6) is 0 Å². The molecule has 1 aliphatic heterocycles. The highest BCUT2D eigenvalue weighted by Crippen LogP contribution is 2.25. The largest absolute Gasteiger partial charge is 0.358 e. The Bertz CT molecular complexity index is 1150. The van der Waals surface area contributed by atoms with E-state index >= 15 is 0 Å². The Balaban J connectivity index is 1.47. The van der Waals surface area contributed by atoms with Gasteiger partial charge in [-0.25, -0.2) is 4.98 Å². The molecule has 1 atom stereocenters. The maximum absolute atomic E-state index is 12.9. The minimum absolute atomic E-state index is 0.0133. The van der Waals surface area contributed by atoms with Gasteiger partial charge < -0.3 is 10.2 Å². The zero-order valence-electron chi connectivity index (χ0n) is 15.2. The van der Waals surface area contributed by atoms with Gasteiger partial charge in [-0.3, -0.25) is 9.48 Å². The lowest BCUT2D eigenvalue weighted by molar-refractivity contribution is -0.117. The molecule has 4 heterocycles. The molecule has 0 spiro atoms. The molecule has 1 N–H and O–H groups in total. The summed E-state index contributed by atoms with van der Waals surface area (Å²) >= 11 is 0. The van der Waals surface area contributed by atoms with E-state index in [4.69, 9.17) is 0 Å². The molecule has 0 bridgehead atoms. The van der Waals surface area contributed by atoms with E-state index < -0.39 is 0 Å². The molecule has 1 fully saturated rings. The second-order valence-corrected chi connectivity index (χ2v) is 6.71. The van der Waals surface area contributed by atoms with Crippen LogP contribution in [0.1, 0.15) is 6.42 Å². The molecule has 0 radical (unpaired) electrons. The number of fused-ring (bicyclic) bond motifs is 1. The Morgan fingerprint density at radius 1 is 1.18 bits per heavy atom. The number of amides is 1. The number of aromatic nitrogens is 6. The Morgan fingerprint density at radius 2 is 2.04 bits per heavy atom. The van der Waals surface area contributed by atoms with Crippen LogP contribution >= 0.6 is 0 Å².